The fourth-order valence-corrected chi connectivity index (χ4v) is 4.33. The smallest absolute Gasteiger partial charge is 0.307 e. The monoisotopic (exact) mass is 386 g/mol. The predicted molar refractivity (Wildman–Crippen MR) is 107 cm³/mol. The Balaban J connectivity index is 1.73. The van der Waals surface area contributed by atoms with E-state index in [0.29, 0.717) is 24.6 Å². The number of carbonyl (C=O) groups is 1. The van der Waals surface area contributed by atoms with E-state index in [0.717, 1.165) is 16.5 Å². The summed E-state index contributed by atoms with van der Waals surface area (Å²) in [7, 11) is 4.60. The first-order chi connectivity index (χ1) is 13.4. The molecule has 3 rings (SSSR count). The molecule has 0 radical (unpaired) electrons. The van der Waals surface area contributed by atoms with Crippen LogP contribution in [-0.2, 0) is 11.2 Å². The Bertz CT molecular complexity index is 748. The topological polar surface area (TPSA) is 91.8 Å². The molecule has 2 heterocycles. The predicted octanol–water partition coefficient (Wildman–Crippen LogP) is 2.98. The van der Waals surface area contributed by atoms with Crippen molar-refractivity contribution in [3.05, 3.63) is 41.2 Å². The Morgan fingerprint density at radius 3 is 2.46 bits per heavy atom. The molecule has 0 bridgehead atoms. The third-order valence-corrected chi connectivity index (χ3v) is 6.17. The van der Waals surface area contributed by atoms with Gasteiger partial charge in [0.15, 0.2) is 5.82 Å². The number of benzene rings is 1. The van der Waals surface area contributed by atoms with Crippen LogP contribution in [0.1, 0.15) is 61.4 Å². The molecular weight excluding hydrogens is 354 g/mol. The van der Waals surface area contributed by atoms with Crippen molar-refractivity contribution in [1.29, 1.82) is 0 Å². The van der Waals surface area contributed by atoms with Gasteiger partial charge >= 0.3 is 5.97 Å². The Hall–Kier alpha value is -2.28. The molecule has 1 saturated heterocycles. The van der Waals surface area contributed by atoms with Crippen molar-refractivity contribution in [2.24, 2.45) is 5.92 Å². The quantitative estimate of drug-likeness (QED) is 0.681. The number of tetrazole rings is 1. The summed E-state index contributed by atoms with van der Waals surface area (Å²) in [6.07, 6.45) is 4.44. The molecule has 28 heavy (non-hydrogen) atoms. The van der Waals surface area contributed by atoms with Crippen LogP contribution >= 0.6 is 0 Å². The molecule has 1 aromatic heterocycles. The minimum Gasteiger partial charge on any atom is -0.481 e. The second-order valence-electron chi connectivity index (χ2n) is 8.71. The van der Waals surface area contributed by atoms with Gasteiger partial charge in [0.05, 0.1) is 33.1 Å². The second-order valence-corrected chi connectivity index (χ2v) is 8.71. The molecule has 1 unspecified atom stereocenters. The lowest BCUT2D eigenvalue weighted by atomic mass is 9.82. The van der Waals surface area contributed by atoms with Crippen LogP contribution in [0.5, 0.6) is 0 Å². The van der Waals surface area contributed by atoms with E-state index in [-0.39, 0.29) is 5.92 Å². The van der Waals surface area contributed by atoms with Gasteiger partial charge in [-0.3, -0.25) is 4.79 Å². The molecule has 1 aliphatic heterocycles. The average molecular weight is 387 g/mol. The number of carboxylic acids is 1. The summed E-state index contributed by atoms with van der Waals surface area (Å²) in [5, 5.41) is 24.0. The van der Waals surface area contributed by atoms with Crippen molar-refractivity contribution in [2.45, 2.75) is 50.9 Å². The van der Waals surface area contributed by atoms with Gasteiger partial charge in [0.2, 0.25) is 0 Å². The number of aromatic nitrogens is 4. The van der Waals surface area contributed by atoms with Gasteiger partial charge in [0.1, 0.15) is 0 Å². The normalized spacial score (nSPS) is 19.2. The third kappa shape index (κ3) is 4.95. The first-order valence-electron chi connectivity index (χ1n) is 10.3. The summed E-state index contributed by atoms with van der Waals surface area (Å²) < 4.78 is 1.11. The van der Waals surface area contributed by atoms with E-state index in [1.54, 1.807) is 0 Å². The highest BCUT2D eigenvalue weighted by Gasteiger charge is 2.32. The zero-order valence-electron chi connectivity index (χ0n) is 17.1. The largest absolute Gasteiger partial charge is 0.481 e. The molecule has 1 aliphatic rings. The van der Waals surface area contributed by atoms with E-state index in [1.165, 1.54) is 31.5 Å². The zero-order chi connectivity index (χ0) is 20.1. The van der Waals surface area contributed by atoms with E-state index >= 15 is 0 Å². The molecule has 2 N–H and O–H groups in total. The number of H-pyrrole nitrogens is 1. The summed E-state index contributed by atoms with van der Waals surface area (Å²) in [6, 6.07) is 8.71. The number of rotatable bonds is 8. The maximum atomic E-state index is 11.8. The Kier molecular flexibility index (Phi) is 6.44. The fourth-order valence-electron chi connectivity index (χ4n) is 4.33. The standard InChI is InChI=1S/C21H31N5O2/c1-4-5-18(21(27)28)19(20-22-24-25-23-20)14-15-6-8-16(9-7-15)17-10-12-26(2,3)13-11-17/h6-9,17-19H,4-5,10-14H2,1-3H3,(H-,22,23,24,25,27,28)/p+1/t18?,19-/m0/s1. The van der Waals surface area contributed by atoms with Gasteiger partial charge in [-0.05, 0) is 29.9 Å². The first kappa shape index (κ1) is 20.5. The number of nitrogens with one attached hydrogen (secondary N) is 1. The number of carboxylic acid groups (broad SMARTS) is 1. The van der Waals surface area contributed by atoms with E-state index in [1.807, 2.05) is 6.92 Å². The molecule has 1 aromatic carbocycles. The number of hydrogen-bond donors (Lipinski definition) is 2. The van der Waals surface area contributed by atoms with Crippen LogP contribution in [-0.4, -0.2) is 63.4 Å². The number of quaternary nitrogens is 1. The van der Waals surface area contributed by atoms with E-state index in [2.05, 4.69) is 59.0 Å². The summed E-state index contributed by atoms with van der Waals surface area (Å²) in [5.74, 6) is -0.482. The highest BCUT2D eigenvalue weighted by molar-refractivity contribution is 5.71. The van der Waals surface area contributed by atoms with Crippen molar-refractivity contribution in [1.82, 2.24) is 20.6 Å². The van der Waals surface area contributed by atoms with Crippen LogP contribution < -0.4 is 0 Å². The van der Waals surface area contributed by atoms with Crippen LogP contribution in [0.2, 0.25) is 0 Å². The lowest BCUT2D eigenvalue weighted by molar-refractivity contribution is -0.895. The van der Waals surface area contributed by atoms with E-state index in [4.69, 9.17) is 0 Å². The molecule has 152 valence electrons. The van der Waals surface area contributed by atoms with Crippen molar-refractivity contribution >= 4 is 5.97 Å². The molecule has 0 amide bonds. The first-order valence-corrected chi connectivity index (χ1v) is 10.3. The summed E-state index contributed by atoms with van der Waals surface area (Å²) in [5.41, 5.74) is 2.51. The minimum atomic E-state index is -0.795. The van der Waals surface area contributed by atoms with Crippen molar-refractivity contribution in [3.63, 3.8) is 0 Å². The minimum absolute atomic E-state index is 0.283. The number of aliphatic carboxylic acids is 1. The molecule has 0 spiro atoms. The van der Waals surface area contributed by atoms with Gasteiger partial charge in [-0.2, -0.15) is 5.21 Å². The molecule has 1 fully saturated rings. The van der Waals surface area contributed by atoms with Crippen LogP contribution in [0.4, 0.5) is 0 Å². The van der Waals surface area contributed by atoms with Crippen LogP contribution in [0.3, 0.4) is 0 Å². The van der Waals surface area contributed by atoms with Crippen LogP contribution in [0, 0.1) is 5.92 Å². The Labute approximate surface area is 166 Å². The lowest BCUT2D eigenvalue weighted by Gasteiger charge is -2.37. The molecule has 2 atom stereocenters. The van der Waals surface area contributed by atoms with Crippen molar-refractivity contribution in [2.75, 3.05) is 27.2 Å². The summed E-state index contributed by atoms with van der Waals surface area (Å²) >= 11 is 0. The molecule has 2 aromatic rings. The SMILES string of the molecule is CCCC(C(=O)O)[C@H](Cc1ccc(C2CC[N+](C)(C)CC2)cc1)c1nn[nH]n1. The summed E-state index contributed by atoms with van der Waals surface area (Å²) in [6.45, 7) is 4.43. The highest BCUT2D eigenvalue weighted by Crippen LogP contribution is 2.32. The maximum Gasteiger partial charge on any atom is 0.307 e. The number of likely N-dealkylation sites (tertiary alicyclic amines) is 1. The average Bonchev–Trinajstić information content (AvgIpc) is 3.19. The Morgan fingerprint density at radius 2 is 1.93 bits per heavy atom. The van der Waals surface area contributed by atoms with Gasteiger partial charge in [-0.1, -0.05) is 42.8 Å². The molecule has 7 nitrogen and oxygen atoms in total. The lowest BCUT2D eigenvalue weighted by Crippen LogP contribution is -2.45. The van der Waals surface area contributed by atoms with E-state index in [9.17, 15) is 9.90 Å². The van der Waals surface area contributed by atoms with Gasteiger partial charge in [-0.25, -0.2) is 0 Å². The molecule has 0 saturated carbocycles. The number of piperidine rings is 1. The fraction of sp³-hybridized carbons (Fsp3) is 0.619. The number of nitrogens with zero attached hydrogens (tertiary/aromatic N) is 4. The number of aromatic amines is 1. The second kappa shape index (κ2) is 8.82. The maximum absolute atomic E-state index is 11.8. The van der Waals surface area contributed by atoms with Crippen LogP contribution in [0.15, 0.2) is 24.3 Å². The van der Waals surface area contributed by atoms with Crippen LogP contribution in [0.25, 0.3) is 0 Å². The molecule has 7 heteroatoms. The third-order valence-electron chi connectivity index (χ3n) is 6.17. The van der Waals surface area contributed by atoms with Gasteiger partial charge in [0.25, 0.3) is 0 Å². The Morgan fingerprint density at radius 1 is 1.25 bits per heavy atom. The summed E-state index contributed by atoms with van der Waals surface area (Å²) in [4.78, 5) is 11.8. The van der Waals surface area contributed by atoms with Gasteiger partial charge in [-0.15, -0.1) is 10.2 Å². The van der Waals surface area contributed by atoms with Crippen molar-refractivity contribution in [3.8, 4) is 0 Å². The van der Waals surface area contributed by atoms with Crippen molar-refractivity contribution < 1.29 is 14.4 Å². The van der Waals surface area contributed by atoms with E-state index < -0.39 is 11.9 Å². The molecular formula is C21H32N5O2+. The number of hydrogen-bond acceptors (Lipinski definition) is 4. The molecule has 0 aliphatic carbocycles. The van der Waals surface area contributed by atoms with Gasteiger partial charge in [0, 0.05) is 18.8 Å². The zero-order valence-corrected chi connectivity index (χ0v) is 17.1. The van der Waals surface area contributed by atoms with Gasteiger partial charge < -0.3 is 9.59 Å². The highest BCUT2D eigenvalue weighted by atomic mass is 16.4.